The number of anilines is 1. The molecule has 1 heterocycles. The summed E-state index contributed by atoms with van der Waals surface area (Å²) in [6.45, 7) is 2.12. The molecule has 1 aromatic rings. The minimum Gasteiger partial charge on any atom is -1.00 e. The first kappa shape index (κ1) is 22.7. The van der Waals surface area contributed by atoms with Crippen LogP contribution in [-0.2, 0) is 26.2 Å². The van der Waals surface area contributed by atoms with E-state index in [1.165, 1.54) is 22.5 Å². The Labute approximate surface area is 166 Å². The fourth-order valence-electron chi connectivity index (χ4n) is 2.13. The molecule has 0 saturated heterocycles. The van der Waals surface area contributed by atoms with Gasteiger partial charge in [-0.15, -0.1) is 11.6 Å². The van der Waals surface area contributed by atoms with E-state index in [1.54, 1.807) is 0 Å². The van der Waals surface area contributed by atoms with Crippen molar-refractivity contribution in [1.82, 2.24) is 0 Å². The first-order chi connectivity index (χ1) is 7.75. The molecule has 0 amide bonds. The van der Waals surface area contributed by atoms with Crippen LogP contribution in [0.25, 0.3) is 0 Å². The van der Waals surface area contributed by atoms with Crippen molar-refractivity contribution >= 4 is 21.6 Å². The maximum Gasteiger partial charge on any atom is 4.00 e. The zero-order chi connectivity index (χ0) is 11.1. The maximum atomic E-state index is 3.64. The van der Waals surface area contributed by atoms with Crippen molar-refractivity contribution in [2.24, 2.45) is 0 Å². The van der Waals surface area contributed by atoms with E-state index in [0.717, 1.165) is 0 Å². The Kier molecular flexibility index (Phi) is 10.8. The van der Waals surface area contributed by atoms with E-state index in [0.29, 0.717) is 0 Å². The predicted molar refractivity (Wildman–Crippen MR) is 70.2 cm³/mol. The van der Waals surface area contributed by atoms with Gasteiger partial charge in [0, 0.05) is 10.6 Å². The summed E-state index contributed by atoms with van der Waals surface area (Å²) >= 11 is 3.64. The minimum atomic E-state index is 0. The molecule has 2 aliphatic rings. The summed E-state index contributed by atoms with van der Waals surface area (Å²) in [5, 5.41) is 0. The number of alkyl halides is 1. The van der Waals surface area contributed by atoms with E-state index in [9.17, 15) is 0 Å². The molecule has 0 aromatic heterocycles. The molecule has 0 N–H and O–H groups in total. The van der Waals surface area contributed by atoms with Gasteiger partial charge in [0.1, 0.15) is 0 Å². The third-order valence-corrected chi connectivity index (χ3v) is 3.45. The fourth-order valence-corrected chi connectivity index (χ4v) is 2.83. The first-order valence-corrected chi connectivity index (χ1v) is 6.19. The van der Waals surface area contributed by atoms with Gasteiger partial charge < -0.3 is 42.1 Å². The van der Waals surface area contributed by atoms with Crippen LogP contribution in [0.5, 0.6) is 0 Å². The number of rotatable bonds is 1. The van der Waals surface area contributed by atoms with Gasteiger partial charge in [0.2, 0.25) is 0 Å². The molecule has 0 spiro atoms. The number of nitrogens with zero attached hydrogens (tertiary/aromatic N) is 1. The molecule has 0 saturated carbocycles. The molecule has 1 aliphatic heterocycles. The Balaban J connectivity index is 0. The summed E-state index contributed by atoms with van der Waals surface area (Å²) in [4.78, 5) is 2.39. The van der Waals surface area contributed by atoms with Crippen LogP contribution in [0.15, 0.2) is 59.3 Å². The van der Waals surface area contributed by atoms with E-state index in [1.807, 2.05) is 6.07 Å². The SMILES string of the molecule is CC1=CC2=[C-]C(Br)N(c3ccccc3)C2=C1.[Cl-].[Cl-].[Cl-].[Zr+4]. The van der Waals surface area contributed by atoms with E-state index in [2.05, 4.69) is 70.2 Å². The van der Waals surface area contributed by atoms with Crippen LogP contribution >= 0.6 is 15.9 Å². The number of halogens is 4. The number of para-hydroxylation sites is 1. The number of allylic oxidation sites excluding steroid dienone is 3. The van der Waals surface area contributed by atoms with Crippen LogP contribution in [0, 0.1) is 6.08 Å². The Morgan fingerprint density at radius 1 is 1.05 bits per heavy atom. The Bertz CT molecular complexity index is 528. The molecular formula is C14H11BrCl3NZr. The molecule has 1 atom stereocenters. The average Bonchev–Trinajstić information content (AvgIpc) is 2.74. The van der Waals surface area contributed by atoms with Gasteiger partial charge in [-0.25, -0.2) is 0 Å². The van der Waals surface area contributed by atoms with Crippen LogP contribution in [0.2, 0.25) is 0 Å². The van der Waals surface area contributed by atoms with Crippen LogP contribution in [-0.4, -0.2) is 4.95 Å². The molecule has 104 valence electrons. The second-order valence-corrected chi connectivity index (χ2v) is 4.88. The van der Waals surface area contributed by atoms with Gasteiger partial charge in [0.15, 0.2) is 0 Å². The molecule has 1 aliphatic carbocycles. The van der Waals surface area contributed by atoms with Crippen molar-refractivity contribution in [2.75, 3.05) is 4.90 Å². The number of hydrogen-bond donors (Lipinski definition) is 0. The van der Waals surface area contributed by atoms with Gasteiger partial charge in [-0.1, -0.05) is 46.7 Å². The normalized spacial score (nSPS) is 18.2. The summed E-state index contributed by atoms with van der Waals surface area (Å²) in [6.07, 6.45) is 7.79. The number of fused-ring (bicyclic) bond motifs is 1. The quantitative estimate of drug-likeness (QED) is 0.225. The van der Waals surface area contributed by atoms with Gasteiger partial charge in [-0.05, 0) is 12.1 Å². The van der Waals surface area contributed by atoms with Gasteiger partial charge >= 0.3 is 26.2 Å². The molecule has 0 bridgehead atoms. The van der Waals surface area contributed by atoms with Gasteiger partial charge in [0.05, 0.1) is 0 Å². The Morgan fingerprint density at radius 2 is 1.65 bits per heavy atom. The maximum absolute atomic E-state index is 3.64. The zero-order valence-corrected chi connectivity index (χ0v) is 16.9. The molecule has 1 unspecified atom stereocenters. The molecule has 0 fully saturated rings. The van der Waals surface area contributed by atoms with Crippen molar-refractivity contribution in [2.45, 2.75) is 11.9 Å². The van der Waals surface area contributed by atoms with Gasteiger partial charge in [-0.3, -0.25) is 0 Å². The molecule has 3 rings (SSSR count). The zero-order valence-electron chi connectivity index (χ0n) is 10.6. The van der Waals surface area contributed by atoms with Crippen molar-refractivity contribution in [3.63, 3.8) is 0 Å². The van der Waals surface area contributed by atoms with Crippen LogP contribution in [0.3, 0.4) is 0 Å². The fraction of sp³-hybridized carbons (Fsp3) is 0.143. The standard InChI is InChI=1S/C14H11BrN.3ClH.Zr/c1-10-7-11-9-14(15)16(13(11)8-10)12-5-3-2-4-6-12;;;;/h2-8,14H,1H3;3*1H;/q-1;;;;+4/p-3. The first-order valence-electron chi connectivity index (χ1n) is 5.28. The molecular weight excluding hydrogens is 460 g/mol. The van der Waals surface area contributed by atoms with Crippen LogP contribution < -0.4 is 42.1 Å². The molecule has 0 radical (unpaired) electrons. The number of hydrogen-bond acceptors (Lipinski definition) is 1. The minimum absolute atomic E-state index is 0. The van der Waals surface area contributed by atoms with E-state index in [4.69, 9.17) is 0 Å². The van der Waals surface area contributed by atoms with E-state index < -0.39 is 0 Å². The summed E-state index contributed by atoms with van der Waals surface area (Å²) in [5.74, 6) is 0. The van der Waals surface area contributed by atoms with Crippen molar-refractivity contribution < 1.29 is 63.4 Å². The number of benzene rings is 1. The third kappa shape index (κ3) is 4.24. The third-order valence-electron chi connectivity index (χ3n) is 2.81. The molecule has 20 heavy (non-hydrogen) atoms. The van der Waals surface area contributed by atoms with Crippen molar-refractivity contribution in [3.8, 4) is 0 Å². The second-order valence-electron chi connectivity index (χ2n) is 4.02. The monoisotopic (exact) mass is 467 g/mol. The smallest absolute Gasteiger partial charge is 1.00 e. The van der Waals surface area contributed by atoms with Gasteiger partial charge in [-0.2, -0.15) is 17.7 Å². The van der Waals surface area contributed by atoms with Crippen LogP contribution in [0.4, 0.5) is 5.69 Å². The van der Waals surface area contributed by atoms with Crippen molar-refractivity contribution in [3.05, 3.63) is 65.4 Å². The van der Waals surface area contributed by atoms with Crippen molar-refractivity contribution in [1.29, 1.82) is 0 Å². The molecule has 6 heteroatoms. The second kappa shape index (κ2) is 9.48. The summed E-state index contributed by atoms with van der Waals surface area (Å²) in [7, 11) is 0. The largest absolute Gasteiger partial charge is 4.00 e. The van der Waals surface area contributed by atoms with Crippen LogP contribution in [0.1, 0.15) is 6.92 Å². The summed E-state index contributed by atoms with van der Waals surface area (Å²) < 4.78 is 0. The topological polar surface area (TPSA) is 3.24 Å². The Morgan fingerprint density at radius 3 is 2.25 bits per heavy atom. The van der Waals surface area contributed by atoms with E-state index >= 15 is 0 Å². The summed E-state index contributed by atoms with van der Waals surface area (Å²) in [6, 6.07) is 10.4. The van der Waals surface area contributed by atoms with Gasteiger partial charge in [0.25, 0.3) is 0 Å². The van der Waals surface area contributed by atoms with E-state index in [-0.39, 0.29) is 68.4 Å². The molecule has 1 aromatic carbocycles. The average molecular weight is 471 g/mol. The Hall–Kier alpha value is 0.473. The summed E-state index contributed by atoms with van der Waals surface area (Å²) in [5.41, 5.74) is 4.92. The predicted octanol–water partition coefficient (Wildman–Crippen LogP) is -5.19. The molecule has 1 nitrogen and oxygen atoms in total.